The summed E-state index contributed by atoms with van der Waals surface area (Å²) >= 11 is 0. The average molecular weight is 259 g/mol. The van der Waals surface area contributed by atoms with Crippen LogP contribution in [0.3, 0.4) is 0 Å². The first kappa shape index (κ1) is 12.7. The van der Waals surface area contributed by atoms with E-state index < -0.39 is 38.9 Å². The van der Waals surface area contributed by atoms with Gasteiger partial charge in [-0.3, -0.25) is 0 Å². The Balaban J connectivity index is 3.39. The minimum Gasteiger partial charge on any atom is -0.432 e. The molecule has 0 fully saturated rings. The van der Waals surface area contributed by atoms with Crippen molar-refractivity contribution in [3.63, 3.8) is 0 Å². The summed E-state index contributed by atoms with van der Waals surface area (Å²) < 4.78 is 74.9. The Hall–Kier alpha value is -1.35. The van der Waals surface area contributed by atoms with E-state index in [1.807, 2.05) is 0 Å². The molecule has 0 aromatic heterocycles. The van der Waals surface area contributed by atoms with Crippen molar-refractivity contribution in [1.82, 2.24) is 0 Å². The molecule has 0 aliphatic rings. The molecule has 0 amide bonds. The summed E-state index contributed by atoms with van der Waals surface area (Å²) in [7, 11) is -4.70. The molecule has 0 saturated carbocycles. The smallest absolute Gasteiger partial charge is 0.387 e. The average Bonchev–Trinajstić information content (AvgIpc) is 2.07. The zero-order valence-corrected chi connectivity index (χ0v) is 8.27. The van der Waals surface area contributed by atoms with Crippen LogP contribution >= 0.6 is 0 Å². The topological polar surface area (TPSA) is 69.4 Å². The van der Waals surface area contributed by atoms with Crippen molar-refractivity contribution in [2.24, 2.45) is 5.14 Å². The van der Waals surface area contributed by atoms with E-state index in [-0.39, 0.29) is 0 Å². The van der Waals surface area contributed by atoms with Crippen LogP contribution in [0.15, 0.2) is 17.0 Å². The Kier molecular flexibility index (Phi) is 3.38. The third kappa shape index (κ3) is 2.61. The number of rotatable bonds is 3. The lowest BCUT2D eigenvalue weighted by Gasteiger charge is -2.08. The lowest BCUT2D eigenvalue weighted by molar-refractivity contribution is -0.0526. The highest BCUT2D eigenvalue weighted by atomic mass is 32.2. The second kappa shape index (κ2) is 4.26. The largest absolute Gasteiger partial charge is 0.432 e. The minimum atomic E-state index is -4.70. The first-order valence-electron chi connectivity index (χ1n) is 3.69. The summed E-state index contributed by atoms with van der Waals surface area (Å²) in [6.07, 6.45) is 0. The van der Waals surface area contributed by atoms with Crippen molar-refractivity contribution in [1.29, 1.82) is 0 Å². The number of benzene rings is 1. The minimum absolute atomic E-state index is 0.459. The van der Waals surface area contributed by atoms with Gasteiger partial charge < -0.3 is 4.74 Å². The zero-order valence-electron chi connectivity index (χ0n) is 7.45. The molecule has 0 bridgehead atoms. The van der Waals surface area contributed by atoms with Crippen LogP contribution in [0.5, 0.6) is 5.75 Å². The van der Waals surface area contributed by atoms with E-state index in [0.717, 1.165) is 0 Å². The molecule has 0 saturated heterocycles. The van der Waals surface area contributed by atoms with Crippen molar-refractivity contribution >= 4 is 10.0 Å². The molecular formula is C7H5F4NO3S. The van der Waals surface area contributed by atoms with Crippen LogP contribution in [0.4, 0.5) is 17.6 Å². The van der Waals surface area contributed by atoms with Crippen LogP contribution in [0.25, 0.3) is 0 Å². The lowest BCUT2D eigenvalue weighted by Crippen LogP contribution is -2.17. The van der Waals surface area contributed by atoms with Gasteiger partial charge in [0, 0.05) is 0 Å². The highest BCUT2D eigenvalue weighted by Gasteiger charge is 2.24. The second-order valence-electron chi connectivity index (χ2n) is 2.61. The SMILES string of the molecule is NS(=O)(=O)c1c(F)ccc(OC(F)F)c1F. The van der Waals surface area contributed by atoms with Crippen LogP contribution in [-0.2, 0) is 10.0 Å². The summed E-state index contributed by atoms with van der Waals surface area (Å²) in [6.45, 7) is -3.37. The van der Waals surface area contributed by atoms with Crippen molar-refractivity contribution in [3.8, 4) is 5.75 Å². The number of hydrogen-bond donors (Lipinski definition) is 1. The van der Waals surface area contributed by atoms with Gasteiger partial charge in [0.1, 0.15) is 5.82 Å². The highest BCUT2D eigenvalue weighted by molar-refractivity contribution is 7.89. The van der Waals surface area contributed by atoms with Crippen LogP contribution in [-0.4, -0.2) is 15.0 Å². The normalized spacial score (nSPS) is 11.9. The molecule has 0 heterocycles. The van der Waals surface area contributed by atoms with Gasteiger partial charge in [-0.15, -0.1) is 0 Å². The van der Waals surface area contributed by atoms with E-state index in [4.69, 9.17) is 0 Å². The molecule has 90 valence electrons. The maximum Gasteiger partial charge on any atom is 0.387 e. The maximum absolute atomic E-state index is 13.2. The molecule has 0 radical (unpaired) electrons. The third-order valence-electron chi connectivity index (χ3n) is 1.51. The molecule has 9 heteroatoms. The predicted octanol–water partition coefficient (Wildman–Crippen LogP) is 1.21. The van der Waals surface area contributed by atoms with E-state index in [2.05, 4.69) is 9.88 Å². The Labute approximate surface area is 87.7 Å². The first-order chi connectivity index (χ1) is 7.23. The number of halogens is 4. The van der Waals surface area contributed by atoms with Crippen LogP contribution in [0.2, 0.25) is 0 Å². The first-order valence-corrected chi connectivity index (χ1v) is 5.23. The van der Waals surface area contributed by atoms with Crippen molar-refractivity contribution < 1.29 is 30.7 Å². The quantitative estimate of drug-likeness (QED) is 0.829. The maximum atomic E-state index is 13.2. The monoisotopic (exact) mass is 259 g/mol. The standard InChI is InChI=1S/C7H5F4NO3S/c8-3-1-2-4(15-7(10)11)5(9)6(3)16(12,13)14/h1-2,7H,(H2,12,13,14). The zero-order chi connectivity index (χ0) is 12.5. The lowest BCUT2D eigenvalue weighted by atomic mass is 10.3. The van der Waals surface area contributed by atoms with Gasteiger partial charge in [0.25, 0.3) is 0 Å². The molecule has 0 aliphatic carbocycles. The van der Waals surface area contributed by atoms with Crippen LogP contribution in [0.1, 0.15) is 0 Å². The molecule has 0 unspecified atom stereocenters. The fourth-order valence-corrected chi connectivity index (χ4v) is 1.65. The van der Waals surface area contributed by atoms with Crippen molar-refractivity contribution in [3.05, 3.63) is 23.8 Å². The van der Waals surface area contributed by atoms with Gasteiger partial charge >= 0.3 is 6.61 Å². The van der Waals surface area contributed by atoms with Gasteiger partial charge in [0.15, 0.2) is 16.5 Å². The molecule has 16 heavy (non-hydrogen) atoms. The fraction of sp³-hybridized carbons (Fsp3) is 0.143. The fourth-order valence-electron chi connectivity index (χ4n) is 0.962. The number of alkyl halides is 2. The summed E-state index contributed by atoms with van der Waals surface area (Å²) in [5, 5.41) is 4.51. The van der Waals surface area contributed by atoms with Gasteiger partial charge in [-0.25, -0.2) is 22.3 Å². The van der Waals surface area contributed by atoms with E-state index in [9.17, 15) is 26.0 Å². The molecule has 0 atom stereocenters. The van der Waals surface area contributed by atoms with Crippen molar-refractivity contribution in [2.75, 3.05) is 0 Å². The van der Waals surface area contributed by atoms with Gasteiger partial charge in [-0.05, 0) is 12.1 Å². The van der Waals surface area contributed by atoms with Crippen molar-refractivity contribution in [2.45, 2.75) is 11.5 Å². The summed E-state index contributed by atoms with van der Waals surface area (Å²) in [4.78, 5) is -1.51. The van der Waals surface area contributed by atoms with Crippen LogP contribution < -0.4 is 9.88 Å². The Morgan fingerprint density at radius 3 is 2.25 bits per heavy atom. The molecule has 1 aromatic carbocycles. The summed E-state index contributed by atoms with van der Waals surface area (Å²) in [5.74, 6) is -4.37. The Morgan fingerprint density at radius 1 is 1.25 bits per heavy atom. The molecule has 4 nitrogen and oxygen atoms in total. The molecular weight excluding hydrogens is 254 g/mol. The number of primary sulfonamides is 1. The summed E-state index contributed by atoms with van der Waals surface area (Å²) in [6, 6.07) is 0.992. The predicted molar refractivity (Wildman–Crippen MR) is 44.4 cm³/mol. The third-order valence-corrected chi connectivity index (χ3v) is 2.46. The van der Waals surface area contributed by atoms with Gasteiger partial charge in [0.2, 0.25) is 10.0 Å². The number of nitrogens with two attached hydrogens (primary N) is 1. The van der Waals surface area contributed by atoms with E-state index in [1.54, 1.807) is 0 Å². The molecule has 0 aliphatic heterocycles. The summed E-state index contributed by atoms with van der Waals surface area (Å²) in [5.41, 5.74) is 0. The Morgan fingerprint density at radius 2 is 1.81 bits per heavy atom. The second-order valence-corrected chi connectivity index (χ2v) is 4.11. The van der Waals surface area contributed by atoms with Gasteiger partial charge in [-0.1, -0.05) is 0 Å². The number of hydrogen-bond acceptors (Lipinski definition) is 3. The number of sulfonamides is 1. The highest BCUT2D eigenvalue weighted by Crippen LogP contribution is 2.27. The number of ether oxygens (including phenoxy) is 1. The molecule has 0 spiro atoms. The van der Waals surface area contributed by atoms with E-state index in [0.29, 0.717) is 12.1 Å². The Bertz CT molecular complexity index is 503. The molecule has 2 N–H and O–H groups in total. The molecule has 1 rings (SSSR count). The molecule has 1 aromatic rings. The van der Waals surface area contributed by atoms with E-state index >= 15 is 0 Å². The van der Waals surface area contributed by atoms with Crippen LogP contribution in [0, 0.1) is 11.6 Å². The van der Waals surface area contributed by atoms with Gasteiger partial charge in [-0.2, -0.15) is 8.78 Å². The van der Waals surface area contributed by atoms with Gasteiger partial charge in [0.05, 0.1) is 0 Å². The van der Waals surface area contributed by atoms with E-state index in [1.165, 1.54) is 0 Å².